The van der Waals surface area contributed by atoms with Gasteiger partial charge in [0, 0.05) is 17.1 Å². The number of halogens is 2. The molecule has 2 aromatic carbocycles. The zero-order valence-corrected chi connectivity index (χ0v) is 13.2. The normalized spacial score (nSPS) is 14.2. The van der Waals surface area contributed by atoms with Gasteiger partial charge in [0.05, 0.1) is 0 Å². The maximum atomic E-state index is 13.1. The van der Waals surface area contributed by atoms with E-state index in [0.29, 0.717) is 12.6 Å². The van der Waals surface area contributed by atoms with E-state index in [9.17, 15) is 4.39 Å². The Balaban J connectivity index is 1.63. The van der Waals surface area contributed by atoms with E-state index in [-0.39, 0.29) is 5.82 Å². The SMILES string of the molecule is Fc1cccc(COc2ccc(Br)c(CNC3CC3)c2)c1. The quantitative estimate of drug-likeness (QED) is 0.833. The molecule has 0 heterocycles. The number of hydrogen-bond donors (Lipinski definition) is 1. The largest absolute Gasteiger partial charge is 0.489 e. The summed E-state index contributed by atoms with van der Waals surface area (Å²) in [6.07, 6.45) is 2.54. The summed E-state index contributed by atoms with van der Waals surface area (Å²) in [6.45, 7) is 1.21. The summed E-state index contributed by atoms with van der Waals surface area (Å²) in [6, 6.07) is 13.1. The van der Waals surface area contributed by atoms with Crippen LogP contribution in [0.1, 0.15) is 24.0 Å². The Kier molecular flexibility index (Phi) is 4.56. The van der Waals surface area contributed by atoms with E-state index in [4.69, 9.17) is 4.74 Å². The third kappa shape index (κ3) is 4.29. The van der Waals surface area contributed by atoms with Gasteiger partial charge >= 0.3 is 0 Å². The highest BCUT2D eigenvalue weighted by Gasteiger charge is 2.20. The van der Waals surface area contributed by atoms with Crippen LogP contribution in [0.25, 0.3) is 0 Å². The minimum Gasteiger partial charge on any atom is -0.489 e. The van der Waals surface area contributed by atoms with E-state index >= 15 is 0 Å². The van der Waals surface area contributed by atoms with Gasteiger partial charge in [-0.05, 0) is 54.3 Å². The molecule has 1 aliphatic rings. The van der Waals surface area contributed by atoms with E-state index in [2.05, 4.69) is 21.2 Å². The molecule has 1 fully saturated rings. The van der Waals surface area contributed by atoms with Crippen LogP contribution in [0.4, 0.5) is 4.39 Å². The van der Waals surface area contributed by atoms with Gasteiger partial charge in [-0.3, -0.25) is 0 Å². The Labute approximate surface area is 132 Å². The molecule has 4 heteroatoms. The van der Waals surface area contributed by atoms with Crippen LogP contribution in [-0.2, 0) is 13.2 Å². The lowest BCUT2D eigenvalue weighted by molar-refractivity contribution is 0.305. The van der Waals surface area contributed by atoms with Crippen molar-refractivity contribution in [3.05, 3.63) is 63.9 Å². The summed E-state index contributed by atoms with van der Waals surface area (Å²) >= 11 is 3.56. The molecule has 0 unspecified atom stereocenters. The van der Waals surface area contributed by atoms with Gasteiger partial charge in [0.25, 0.3) is 0 Å². The molecule has 0 saturated heterocycles. The van der Waals surface area contributed by atoms with Crippen molar-refractivity contribution in [1.82, 2.24) is 5.32 Å². The van der Waals surface area contributed by atoms with Crippen LogP contribution in [0.15, 0.2) is 46.9 Å². The predicted molar refractivity (Wildman–Crippen MR) is 84.7 cm³/mol. The summed E-state index contributed by atoms with van der Waals surface area (Å²) in [4.78, 5) is 0. The van der Waals surface area contributed by atoms with Crippen LogP contribution in [0.2, 0.25) is 0 Å². The van der Waals surface area contributed by atoms with Gasteiger partial charge in [0.1, 0.15) is 18.2 Å². The molecule has 2 aromatic rings. The Hall–Kier alpha value is -1.39. The monoisotopic (exact) mass is 349 g/mol. The summed E-state index contributed by atoms with van der Waals surface area (Å²) in [5, 5.41) is 3.49. The summed E-state index contributed by atoms with van der Waals surface area (Å²) in [7, 11) is 0. The average molecular weight is 350 g/mol. The molecule has 110 valence electrons. The molecule has 21 heavy (non-hydrogen) atoms. The van der Waals surface area contributed by atoms with Gasteiger partial charge in [0.15, 0.2) is 0 Å². The van der Waals surface area contributed by atoms with Crippen molar-refractivity contribution in [2.45, 2.75) is 32.0 Å². The average Bonchev–Trinajstić information content (AvgIpc) is 3.29. The lowest BCUT2D eigenvalue weighted by Gasteiger charge is -2.10. The van der Waals surface area contributed by atoms with Crippen molar-refractivity contribution in [3.8, 4) is 5.75 Å². The topological polar surface area (TPSA) is 21.3 Å². The van der Waals surface area contributed by atoms with Crippen LogP contribution < -0.4 is 10.1 Å². The molecule has 0 aliphatic heterocycles. The van der Waals surface area contributed by atoms with E-state index in [1.807, 2.05) is 24.3 Å². The zero-order valence-electron chi connectivity index (χ0n) is 11.6. The van der Waals surface area contributed by atoms with Gasteiger partial charge in [-0.2, -0.15) is 0 Å². The van der Waals surface area contributed by atoms with E-state index < -0.39 is 0 Å². The minimum atomic E-state index is -0.235. The van der Waals surface area contributed by atoms with Crippen LogP contribution in [0.3, 0.4) is 0 Å². The molecule has 1 saturated carbocycles. The van der Waals surface area contributed by atoms with Crippen molar-refractivity contribution in [2.24, 2.45) is 0 Å². The first-order chi connectivity index (χ1) is 10.2. The van der Waals surface area contributed by atoms with Gasteiger partial charge in [-0.25, -0.2) is 4.39 Å². The molecule has 0 radical (unpaired) electrons. The molecule has 2 nitrogen and oxygen atoms in total. The fourth-order valence-corrected chi connectivity index (χ4v) is 2.50. The fourth-order valence-electron chi connectivity index (χ4n) is 2.11. The summed E-state index contributed by atoms with van der Waals surface area (Å²) in [5.41, 5.74) is 2.01. The standard InChI is InChI=1S/C17H17BrFNO/c18-17-7-6-16(9-13(17)10-20-15-4-5-15)21-11-12-2-1-3-14(19)8-12/h1-3,6-9,15,20H,4-5,10-11H2. The number of rotatable bonds is 6. The number of hydrogen-bond acceptors (Lipinski definition) is 2. The molecular formula is C17H17BrFNO. The van der Waals surface area contributed by atoms with Crippen molar-refractivity contribution >= 4 is 15.9 Å². The molecule has 0 spiro atoms. The van der Waals surface area contributed by atoms with Crippen molar-refractivity contribution in [1.29, 1.82) is 0 Å². The minimum absolute atomic E-state index is 0.235. The second-order valence-corrected chi connectivity index (χ2v) is 6.18. The van der Waals surface area contributed by atoms with E-state index in [1.165, 1.54) is 30.5 Å². The smallest absolute Gasteiger partial charge is 0.123 e. The third-order valence-electron chi connectivity index (χ3n) is 3.47. The summed E-state index contributed by atoms with van der Waals surface area (Å²) in [5.74, 6) is 0.566. The van der Waals surface area contributed by atoms with Crippen molar-refractivity contribution in [2.75, 3.05) is 0 Å². The Morgan fingerprint density at radius 3 is 2.81 bits per heavy atom. The fraction of sp³-hybridized carbons (Fsp3) is 0.294. The van der Waals surface area contributed by atoms with Crippen LogP contribution in [0, 0.1) is 5.82 Å². The van der Waals surface area contributed by atoms with Gasteiger partial charge < -0.3 is 10.1 Å². The number of nitrogens with one attached hydrogen (secondary N) is 1. The number of ether oxygens (including phenoxy) is 1. The second-order valence-electron chi connectivity index (χ2n) is 5.33. The maximum absolute atomic E-state index is 13.1. The Morgan fingerprint density at radius 1 is 1.19 bits per heavy atom. The first-order valence-electron chi connectivity index (χ1n) is 7.10. The molecule has 0 aromatic heterocycles. The van der Waals surface area contributed by atoms with Crippen molar-refractivity contribution < 1.29 is 9.13 Å². The lowest BCUT2D eigenvalue weighted by atomic mass is 10.2. The molecular weight excluding hydrogens is 333 g/mol. The molecule has 0 amide bonds. The molecule has 3 rings (SSSR count). The van der Waals surface area contributed by atoms with Crippen LogP contribution in [0.5, 0.6) is 5.75 Å². The molecule has 0 bridgehead atoms. The molecule has 1 aliphatic carbocycles. The van der Waals surface area contributed by atoms with Crippen molar-refractivity contribution in [3.63, 3.8) is 0 Å². The molecule has 1 N–H and O–H groups in total. The van der Waals surface area contributed by atoms with Crippen LogP contribution in [-0.4, -0.2) is 6.04 Å². The summed E-state index contributed by atoms with van der Waals surface area (Å²) < 4.78 is 19.9. The highest BCUT2D eigenvalue weighted by Crippen LogP contribution is 2.25. The van der Waals surface area contributed by atoms with E-state index in [1.54, 1.807) is 6.07 Å². The second kappa shape index (κ2) is 6.58. The van der Waals surface area contributed by atoms with Gasteiger partial charge in [0.2, 0.25) is 0 Å². The van der Waals surface area contributed by atoms with Crippen LogP contribution >= 0.6 is 15.9 Å². The van der Waals surface area contributed by atoms with Gasteiger partial charge in [-0.1, -0.05) is 28.1 Å². The molecule has 0 atom stereocenters. The van der Waals surface area contributed by atoms with Gasteiger partial charge in [-0.15, -0.1) is 0 Å². The first kappa shape index (κ1) is 14.5. The Bertz CT molecular complexity index is 628. The Morgan fingerprint density at radius 2 is 2.05 bits per heavy atom. The number of benzene rings is 2. The highest BCUT2D eigenvalue weighted by atomic mass is 79.9. The zero-order chi connectivity index (χ0) is 14.7. The predicted octanol–water partition coefficient (Wildman–Crippen LogP) is 4.42. The third-order valence-corrected chi connectivity index (χ3v) is 4.24. The highest BCUT2D eigenvalue weighted by molar-refractivity contribution is 9.10. The lowest BCUT2D eigenvalue weighted by Crippen LogP contribution is -2.15. The maximum Gasteiger partial charge on any atom is 0.123 e. The first-order valence-corrected chi connectivity index (χ1v) is 7.89. The van der Waals surface area contributed by atoms with E-state index in [0.717, 1.165) is 22.3 Å².